The fraction of sp³-hybridized carbons (Fsp3) is 0.533. The van der Waals surface area contributed by atoms with Gasteiger partial charge in [-0.3, -0.25) is 9.69 Å². The highest BCUT2D eigenvalue weighted by atomic mass is 19.4. The molecular formula is C15H22F3N3O. The SMILES string of the molecule is CCN(CC)C(CNC(=O)CN)c1ccc(C(F)(F)F)cc1. The van der Waals surface area contributed by atoms with Gasteiger partial charge in [-0.25, -0.2) is 0 Å². The Hall–Kier alpha value is -1.60. The fourth-order valence-corrected chi connectivity index (χ4v) is 2.30. The second kappa shape index (κ2) is 8.14. The van der Waals surface area contributed by atoms with E-state index in [0.29, 0.717) is 6.54 Å². The number of hydrogen-bond acceptors (Lipinski definition) is 3. The lowest BCUT2D eigenvalue weighted by Gasteiger charge is -2.30. The Labute approximate surface area is 128 Å². The number of nitrogens with zero attached hydrogens (tertiary/aromatic N) is 1. The Kier molecular flexibility index (Phi) is 6.83. The van der Waals surface area contributed by atoms with E-state index < -0.39 is 11.7 Å². The lowest BCUT2D eigenvalue weighted by molar-refractivity contribution is -0.137. The Bertz CT molecular complexity index is 470. The highest BCUT2D eigenvalue weighted by Gasteiger charge is 2.30. The summed E-state index contributed by atoms with van der Waals surface area (Å²) < 4.78 is 37.9. The Morgan fingerprint density at radius 2 is 1.77 bits per heavy atom. The third-order valence-electron chi connectivity index (χ3n) is 3.55. The largest absolute Gasteiger partial charge is 0.416 e. The molecule has 0 saturated carbocycles. The highest BCUT2D eigenvalue weighted by molar-refractivity contribution is 5.77. The lowest BCUT2D eigenvalue weighted by atomic mass is 10.0. The molecule has 4 nitrogen and oxygen atoms in total. The average molecular weight is 317 g/mol. The summed E-state index contributed by atoms with van der Waals surface area (Å²) in [6, 6.07) is 4.86. The molecule has 0 bridgehead atoms. The summed E-state index contributed by atoms with van der Waals surface area (Å²) in [7, 11) is 0. The Balaban J connectivity index is 2.97. The van der Waals surface area contributed by atoms with Gasteiger partial charge in [0.1, 0.15) is 0 Å². The van der Waals surface area contributed by atoms with Crippen molar-refractivity contribution >= 4 is 5.91 Å². The number of nitrogens with one attached hydrogen (secondary N) is 1. The minimum atomic E-state index is -4.35. The van der Waals surface area contributed by atoms with E-state index in [1.807, 2.05) is 13.8 Å². The molecule has 1 aromatic rings. The minimum Gasteiger partial charge on any atom is -0.353 e. The molecule has 22 heavy (non-hydrogen) atoms. The first-order valence-corrected chi connectivity index (χ1v) is 7.21. The van der Waals surface area contributed by atoms with Gasteiger partial charge in [0.05, 0.1) is 18.2 Å². The van der Waals surface area contributed by atoms with Crippen LogP contribution in [0.4, 0.5) is 13.2 Å². The molecule has 3 N–H and O–H groups in total. The molecule has 1 amide bonds. The van der Waals surface area contributed by atoms with E-state index in [2.05, 4.69) is 10.2 Å². The van der Waals surface area contributed by atoms with Crippen molar-refractivity contribution in [3.63, 3.8) is 0 Å². The smallest absolute Gasteiger partial charge is 0.353 e. The van der Waals surface area contributed by atoms with Gasteiger partial charge in [0.2, 0.25) is 5.91 Å². The summed E-state index contributed by atoms with van der Waals surface area (Å²) >= 11 is 0. The number of carbonyl (C=O) groups excluding carboxylic acids is 1. The molecule has 1 aromatic carbocycles. The van der Waals surface area contributed by atoms with E-state index in [9.17, 15) is 18.0 Å². The summed E-state index contributed by atoms with van der Waals surface area (Å²) in [5, 5.41) is 2.70. The number of halogens is 3. The van der Waals surface area contributed by atoms with Crippen LogP contribution in [-0.4, -0.2) is 37.0 Å². The van der Waals surface area contributed by atoms with Gasteiger partial charge in [-0.1, -0.05) is 26.0 Å². The molecular weight excluding hydrogens is 295 g/mol. The van der Waals surface area contributed by atoms with Crippen LogP contribution < -0.4 is 11.1 Å². The van der Waals surface area contributed by atoms with Crippen molar-refractivity contribution in [1.82, 2.24) is 10.2 Å². The van der Waals surface area contributed by atoms with Crippen LogP contribution in [0.15, 0.2) is 24.3 Å². The van der Waals surface area contributed by atoms with Crippen LogP contribution in [0.5, 0.6) is 0 Å². The molecule has 0 saturated heterocycles. The molecule has 0 aliphatic heterocycles. The molecule has 1 atom stereocenters. The van der Waals surface area contributed by atoms with Crippen LogP contribution in [-0.2, 0) is 11.0 Å². The van der Waals surface area contributed by atoms with Crippen molar-refractivity contribution in [3.05, 3.63) is 35.4 Å². The predicted octanol–water partition coefficient (Wildman–Crippen LogP) is 2.16. The first-order valence-electron chi connectivity index (χ1n) is 7.21. The highest BCUT2D eigenvalue weighted by Crippen LogP contribution is 2.30. The van der Waals surface area contributed by atoms with Crippen LogP contribution >= 0.6 is 0 Å². The molecule has 0 radical (unpaired) electrons. The zero-order valence-corrected chi connectivity index (χ0v) is 12.8. The van der Waals surface area contributed by atoms with Gasteiger partial charge in [0.15, 0.2) is 0 Å². The standard InChI is InChI=1S/C15H22F3N3O/c1-3-21(4-2)13(10-20-14(22)9-19)11-5-7-12(8-6-11)15(16,17)18/h5-8,13H,3-4,9-10,19H2,1-2H3,(H,20,22). The number of benzene rings is 1. The summed E-state index contributed by atoms with van der Waals surface area (Å²) in [6.45, 7) is 5.57. The molecule has 0 fully saturated rings. The van der Waals surface area contributed by atoms with Gasteiger partial charge in [-0.2, -0.15) is 13.2 Å². The Morgan fingerprint density at radius 3 is 2.18 bits per heavy atom. The van der Waals surface area contributed by atoms with Crippen LogP contribution in [0.3, 0.4) is 0 Å². The number of rotatable bonds is 7. The number of alkyl halides is 3. The van der Waals surface area contributed by atoms with E-state index in [1.54, 1.807) is 0 Å². The quantitative estimate of drug-likeness (QED) is 0.810. The third kappa shape index (κ3) is 4.99. The van der Waals surface area contributed by atoms with E-state index in [-0.39, 0.29) is 18.5 Å². The monoisotopic (exact) mass is 317 g/mol. The van der Waals surface area contributed by atoms with Crippen molar-refractivity contribution in [2.75, 3.05) is 26.2 Å². The molecule has 0 aliphatic rings. The summed E-state index contributed by atoms with van der Waals surface area (Å²) in [5.41, 5.74) is 5.31. The van der Waals surface area contributed by atoms with E-state index >= 15 is 0 Å². The topological polar surface area (TPSA) is 58.4 Å². The normalized spacial score (nSPS) is 13.2. The van der Waals surface area contributed by atoms with Crippen LogP contribution in [0.1, 0.15) is 31.0 Å². The molecule has 0 heterocycles. The molecule has 0 spiro atoms. The molecule has 7 heteroatoms. The maximum atomic E-state index is 12.6. The molecule has 124 valence electrons. The van der Waals surface area contributed by atoms with Crippen molar-refractivity contribution in [2.45, 2.75) is 26.1 Å². The van der Waals surface area contributed by atoms with Gasteiger partial charge < -0.3 is 11.1 Å². The predicted molar refractivity (Wildman–Crippen MR) is 79.2 cm³/mol. The number of hydrogen-bond donors (Lipinski definition) is 2. The first-order chi connectivity index (χ1) is 10.3. The lowest BCUT2D eigenvalue weighted by Crippen LogP contribution is -2.40. The summed E-state index contributed by atoms with van der Waals surface area (Å²) in [5.74, 6) is -0.288. The van der Waals surface area contributed by atoms with Gasteiger partial charge in [-0.15, -0.1) is 0 Å². The van der Waals surface area contributed by atoms with Crippen molar-refractivity contribution < 1.29 is 18.0 Å². The molecule has 0 aliphatic carbocycles. The number of carbonyl (C=O) groups is 1. The third-order valence-corrected chi connectivity index (χ3v) is 3.55. The maximum absolute atomic E-state index is 12.6. The van der Waals surface area contributed by atoms with Gasteiger partial charge in [0, 0.05) is 6.54 Å². The second-order valence-electron chi connectivity index (χ2n) is 4.86. The maximum Gasteiger partial charge on any atom is 0.416 e. The van der Waals surface area contributed by atoms with Crippen LogP contribution in [0.2, 0.25) is 0 Å². The number of nitrogens with two attached hydrogens (primary N) is 1. The summed E-state index contributed by atoms with van der Waals surface area (Å²) in [4.78, 5) is 13.4. The van der Waals surface area contributed by atoms with E-state index in [0.717, 1.165) is 30.8 Å². The second-order valence-corrected chi connectivity index (χ2v) is 4.86. The van der Waals surface area contributed by atoms with Crippen LogP contribution in [0.25, 0.3) is 0 Å². The molecule has 1 unspecified atom stereocenters. The first kappa shape index (κ1) is 18.4. The van der Waals surface area contributed by atoms with Crippen molar-refractivity contribution in [2.24, 2.45) is 5.73 Å². The number of likely N-dealkylation sites (N-methyl/N-ethyl adjacent to an activating group) is 1. The van der Waals surface area contributed by atoms with E-state index in [1.165, 1.54) is 12.1 Å². The zero-order valence-electron chi connectivity index (χ0n) is 12.8. The Morgan fingerprint density at radius 1 is 1.23 bits per heavy atom. The van der Waals surface area contributed by atoms with Gasteiger partial charge >= 0.3 is 6.18 Å². The van der Waals surface area contributed by atoms with Crippen molar-refractivity contribution in [1.29, 1.82) is 0 Å². The van der Waals surface area contributed by atoms with Gasteiger partial charge in [-0.05, 0) is 30.8 Å². The summed E-state index contributed by atoms with van der Waals surface area (Å²) in [6.07, 6.45) is -4.35. The average Bonchev–Trinajstić information content (AvgIpc) is 2.50. The number of amides is 1. The molecule has 0 aromatic heterocycles. The van der Waals surface area contributed by atoms with E-state index in [4.69, 9.17) is 5.73 Å². The van der Waals surface area contributed by atoms with Crippen LogP contribution in [0, 0.1) is 0 Å². The zero-order chi connectivity index (χ0) is 16.8. The fourth-order valence-electron chi connectivity index (χ4n) is 2.30. The van der Waals surface area contributed by atoms with Gasteiger partial charge in [0.25, 0.3) is 0 Å². The van der Waals surface area contributed by atoms with Crippen molar-refractivity contribution in [3.8, 4) is 0 Å². The molecule has 1 rings (SSSR count). The minimum absolute atomic E-state index is 0.113.